The SMILES string of the molecule is Cc1ccc(-c2ccc(C(=O)O)cc2[N+](=O)[O-])c(F)c1F. The van der Waals surface area contributed by atoms with Gasteiger partial charge >= 0.3 is 5.97 Å². The van der Waals surface area contributed by atoms with Gasteiger partial charge in [0.1, 0.15) is 0 Å². The molecular formula is C14H9F2NO4. The van der Waals surface area contributed by atoms with Gasteiger partial charge in [-0.15, -0.1) is 0 Å². The minimum Gasteiger partial charge on any atom is -0.478 e. The molecule has 0 saturated heterocycles. The van der Waals surface area contributed by atoms with Crippen molar-refractivity contribution < 1.29 is 23.6 Å². The van der Waals surface area contributed by atoms with Crippen molar-refractivity contribution in [2.45, 2.75) is 6.92 Å². The van der Waals surface area contributed by atoms with Gasteiger partial charge in [-0.3, -0.25) is 10.1 Å². The van der Waals surface area contributed by atoms with E-state index in [9.17, 15) is 23.7 Å². The highest BCUT2D eigenvalue weighted by molar-refractivity contribution is 5.90. The molecule has 1 N–H and O–H groups in total. The van der Waals surface area contributed by atoms with Crippen molar-refractivity contribution in [1.82, 2.24) is 0 Å². The van der Waals surface area contributed by atoms with Crippen LogP contribution < -0.4 is 0 Å². The molecule has 0 unspecified atom stereocenters. The number of rotatable bonds is 3. The molecule has 0 aliphatic carbocycles. The van der Waals surface area contributed by atoms with E-state index in [0.717, 1.165) is 18.2 Å². The topological polar surface area (TPSA) is 80.4 Å². The fraction of sp³-hybridized carbons (Fsp3) is 0.0714. The number of hydrogen-bond donors (Lipinski definition) is 1. The Morgan fingerprint density at radius 3 is 2.33 bits per heavy atom. The highest BCUT2D eigenvalue weighted by Crippen LogP contribution is 2.34. The largest absolute Gasteiger partial charge is 0.478 e. The highest BCUT2D eigenvalue weighted by Gasteiger charge is 2.22. The maximum Gasteiger partial charge on any atom is 0.335 e. The van der Waals surface area contributed by atoms with Crippen LogP contribution in [0.2, 0.25) is 0 Å². The summed E-state index contributed by atoms with van der Waals surface area (Å²) in [6.45, 7) is 1.37. The third-order valence-electron chi connectivity index (χ3n) is 3.01. The van der Waals surface area contributed by atoms with E-state index in [1.807, 2.05) is 0 Å². The lowest BCUT2D eigenvalue weighted by molar-refractivity contribution is -0.384. The summed E-state index contributed by atoms with van der Waals surface area (Å²) in [4.78, 5) is 21.0. The summed E-state index contributed by atoms with van der Waals surface area (Å²) in [5.41, 5.74) is -1.31. The molecule has 0 atom stereocenters. The minimum absolute atomic E-state index is 0.0704. The molecule has 108 valence electrons. The molecule has 0 spiro atoms. The third-order valence-corrected chi connectivity index (χ3v) is 3.01. The predicted octanol–water partition coefficient (Wildman–Crippen LogP) is 3.55. The summed E-state index contributed by atoms with van der Waals surface area (Å²) in [5, 5.41) is 19.9. The van der Waals surface area contributed by atoms with Crippen LogP contribution in [-0.4, -0.2) is 16.0 Å². The van der Waals surface area contributed by atoms with Crippen LogP contribution in [0.1, 0.15) is 15.9 Å². The molecule has 0 aliphatic heterocycles. The van der Waals surface area contributed by atoms with Gasteiger partial charge in [-0.05, 0) is 24.6 Å². The Bertz CT molecular complexity index is 759. The number of aromatic carboxylic acids is 1. The van der Waals surface area contributed by atoms with Crippen LogP contribution in [0.15, 0.2) is 30.3 Å². The number of halogens is 2. The van der Waals surface area contributed by atoms with Gasteiger partial charge in [0.05, 0.1) is 16.1 Å². The Kier molecular flexibility index (Phi) is 3.66. The van der Waals surface area contributed by atoms with E-state index >= 15 is 0 Å². The molecule has 0 heterocycles. The van der Waals surface area contributed by atoms with Gasteiger partial charge < -0.3 is 5.11 Å². The molecule has 2 rings (SSSR count). The summed E-state index contributed by atoms with van der Waals surface area (Å²) < 4.78 is 27.5. The van der Waals surface area contributed by atoms with E-state index in [-0.39, 0.29) is 22.3 Å². The number of nitro groups is 1. The van der Waals surface area contributed by atoms with E-state index in [1.165, 1.54) is 19.1 Å². The molecule has 0 bridgehead atoms. The maximum atomic E-state index is 13.9. The van der Waals surface area contributed by atoms with Crippen molar-refractivity contribution >= 4 is 11.7 Å². The molecule has 0 amide bonds. The number of carboxylic acid groups (broad SMARTS) is 1. The normalized spacial score (nSPS) is 10.4. The van der Waals surface area contributed by atoms with E-state index < -0.39 is 28.2 Å². The van der Waals surface area contributed by atoms with Crippen LogP contribution >= 0.6 is 0 Å². The van der Waals surface area contributed by atoms with Crippen LogP contribution in [0.3, 0.4) is 0 Å². The van der Waals surface area contributed by atoms with E-state index in [0.29, 0.717) is 0 Å². The number of nitrogens with zero attached hydrogens (tertiary/aromatic N) is 1. The van der Waals surface area contributed by atoms with Gasteiger partial charge in [0.25, 0.3) is 5.69 Å². The van der Waals surface area contributed by atoms with Crippen LogP contribution in [0.25, 0.3) is 11.1 Å². The second-order valence-corrected chi connectivity index (χ2v) is 4.35. The van der Waals surface area contributed by atoms with Crippen LogP contribution in [0, 0.1) is 28.7 Å². The number of benzene rings is 2. The van der Waals surface area contributed by atoms with Gasteiger partial charge in [-0.2, -0.15) is 0 Å². The Labute approximate surface area is 117 Å². The maximum absolute atomic E-state index is 13.9. The minimum atomic E-state index is -1.35. The summed E-state index contributed by atoms with van der Waals surface area (Å²) in [5.74, 6) is -3.65. The number of nitro benzene ring substituents is 1. The molecule has 0 fully saturated rings. The first kappa shape index (κ1) is 14.6. The zero-order chi connectivity index (χ0) is 15.7. The van der Waals surface area contributed by atoms with Crippen molar-refractivity contribution in [3.8, 4) is 11.1 Å². The second-order valence-electron chi connectivity index (χ2n) is 4.35. The second kappa shape index (κ2) is 5.28. The lowest BCUT2D eigenvalue weighted by atomic mass is 9.99. The molecule has 21 heavy (non-hydrogen) atoms. The fourth-order valence-electron chi connectivity index (χ4n) is 1.90. The number of hydrogen-bond acceptors (Lipinski definition) is 3. The molecule has 0 aromatic heterocycles. The highest BCUT2D eigenvalue weighted by atomic mass is 19.2. The molecule has 2 aromatic rings. The lowest BCUT2D eigenvalue weighted by Gasteiger charge is -2.07. The lowest BCUT2D eigenvalue weighted by Crippen LogP contribution is -2.01. The molecule has 7 heteroatoms. The van der Waals surface area contributed by atoms with Gasteiger partial charge in [-0.1, -0.05) is 12.1 Å². The average molecular weight is 293 g/mol. The van der Waals surface area contributed by atoms with Gasteiger partial charge in [0.2, 0.25) is 0 Å². The Morgan fingerprint density at radius 2 is 1.76 bits per heavy atom. The summed E-state index contributed by atoms with van der Waals surface area (Å²) >= 11 is 0. The Morgan fingerprint density at radius 1 is 1.14 bits per heavy atom. The zero-order valence-electron chi connectivity index (χ0n) is 10.8. The molecule has 0 radical (unpaired) electrons. The number of carbonyl (C=O) groups is 1. The van der Waals surface area contributed by atoms with Crippen molar-refractivity contribution in [2.75, 3.05) is 0 Å². The van der Waals surface area contributed by atoms with E-state index in [4.69, 9.17) is 5.11 Å². The van der Waals surface area contributed by atoms with E-state index in [2.05, 4.69) is 0 Å². The first-order valence-corrected chi connectivity index (χ1v) is 5.79. The first-order valence-electron chi connectivity index (χ1n) is 5.79. The molecular weight excluding hydrogens is 284 g/mol. The fourth-order valence-corrected chi connectivity index (χ4v) is 1.90. The quantitative estimate of drug-likeness (QED) is 0.693. The van der Waals surface area contributed by atoms with Crippen molar-refractivity contribution in [2.24, 2.45) is 0 Å². The van der Waals surface area contributed by atoms with Crippen LogP contribution in [-0.2, 0) is 0 Å². The summed E-state index contributed by atoms with van der Waals surface area (Å²) in [6, 6.07) is 5.52. The van der Waals surface area contributed by atoms with Gasteiger partial charge in [0, 0.05) is 11.6 Å². The van der Waals surface area contributed by atoms with Crippen molar-refractivity contribution in [1.29, 1.82) is 0 Å². The van der Waals surface area contributed by atoms with Gasteiger partial charge in [-0.25, -0.2) is 13.6 Å². The zero-order valence-corrected chi connectivity index (χ0v) is 10.8. The van der Waals surface area contributed by atoms with Crippen LogP contribution in [0.5, 0.6) is 0 Å². The monoisotopic (exact) mass is 293 g/mol. The summed E-state index contributed by atoms with van der Waals surface area (Å²) in [6.07, 6.45) is 0. The standard InChI is InChI=1S/C14H9F2NO4/c1-7-2-4-10(13(16)12(7)15)9-5-3-8(14(18)19)6-11(9)17(20)21/h2-6H,1H3,(H,18,19). The van der Waals surface area contributed by atoms with E-state index in [1.54, 1.807) is 0 Å². The predicted molar refractivity (Wildman–Crippen MR) is 70.1 cm³/mol. The van der Waals surface area contributed by atoms with Crippen LogP contribution in [0.4, 0.5) is 14.5 Å². The molecule has 2 aromatic carbocycles. The summed E-state index contributed by atoms with van der Waals surface area (Å²) in [7, 11) is 0. The Balaban J connectivity index is 2.72. The third kappa shape index (κ3) is 2.58. The smallest absolute Gasteiger partial charge is 0.335 e. The first-order chi connectivity index (χ1) is 9.82. The molecule has 0 aliphatic rings. The average Bonchev–Trinajstić information content (AvgIpc) is 2.44. The van der Waals surface area contributed by atoms with Gasteiger partial charge in [0.15, 0.2) is 11.6 Å². The van der Waals surface area contributed by atoms with Crippen molar-refractivity contribution in [3.63, 3.8) is 0 Å². The van der Waals surface area contributed by atoms with Crippen molar-refractivity contribution in [3.05, 3.63) is 63.2 Å². The molecule has 0 saturated carbocycles. The Hall–Kier alpha value is -2.83. The molecule has 5 nitrogen and oxygen atoms in total. The number of aryl methyl sites for hydroxylation is 1. The number of carboxylic acids is 1.